The highest BCUT2D eigenvalue weighted by atomic mass is 16.4. The summed E-state index contributed by atoms with van der Waals surface area (Å²) in [6.45, 7) is 0. The van der Waals surface area contributed by atoms with E-state index in [4.69, 9.17) is 0 Å². The van der Waals surface area contributed by atoms with Crippen molar-refractivity contribution >= 4 is 17.1 Å². The molecule has 1 N–H and O–H groups in total. The van der Waals surface area contributed by atoms with Gasteiger partial charge in [-0.15, -0.1) is 0 Å². The van der Waals surface area contributed by atoms with E-state index in [0.717, 1.165) is 29.9 Å². The van der Waals surface area contributed by atoms with Crippen LogP contribution in [0.1, 0.15) is 19.3 Å². The molecular formula is C19H20N2O. The molecule has 0 amide bonds. The molecule has 0 spiro atoms. The van der Waals surface area contributed by atoms with Gasteiger partial charge in [0.2, 0.25) is 0 Å². The molecule has 2 bridgehead atoms. The molecule has 2 aliphatic carbocycles. The Labute approximate surface area is 130 Å². The van der Waals surface area contributed by atoms with Gasteiger partial charge in [-0.2, -0.15) is 0 Å². The van der Waals surface area contributed by atoms with Crippen LogP contribution in [-0.2, 0) is 0 Å². The third kappa shape index (κ3) is 2.08. The summed E-state index contributed by atoms with van der Waals surface area (Å²) >= 11 is 0. The molecule has 3 nitrogen and oxygen atoms in total. The zero-order chi connectivity index (χ0) is 14.9. The number of hydrogen-bond donors (Lipinski definition) is 1. The molecular weight excluding hydrogens is 272 g/mol. The maximum Gasteiger partial charge on any atom is 0.0832 e. The van der Waals surface area contributed by atoms with Crippen molar-refractivity contribution in [3.8, 4) is 0 Å². The van der Waals surface area contributed by atoms with Gasteiger partial charge in [-0.25, -0.2) is 0 Å². The summed E-state index contributed by atoms with van der Waals surface area (Å²) in [5, 5.41) is 13.3. The molecule has 2 fully saturated rings. The summed E-state index contributed by atoms with van der Waals surface area (Å²) in [6.07, 6.45) is 3.54. The van der Waals surface area contributed by atoms with Gasteiger partial charge in [-0.3, -0.25) is 0 Å². The van der Waals surface area contributed by atoms with Crippen LogP contribution in [0.5, 0.6) is 0 Å². The SMILES string of the molecule is O/N=C1/[C@H]2CC[C@@H](C2)[C@@H]1N(c1ccccc1)c1ccccc1. The number of hydrogen-bond acceptors (Lipinski definition) is 3. The second-order valence-corrected chi connectivity index (χ2v) is 6.28. The molecule has 2 aliphatic rings. The van der Waals surface area contributed by atoms with E-state index in [1.54, 1.807) is 0 Å². The highest BCUT2D eigenvalue weighted by Gasteiger charge is 2.48. The Morgan fingerprint density at radius 2 is 1.45 bits per heavy atom. The van der Waals surface area contributed by atoms with Crippen LogP contribution in [0.25, 0.3) is 0 Å². The lowest BCUT2D eigenvalue weighted by Gasteiger charge is -2.36. The van der Waals surface area contributed by atoms with Crippen LogP contribution in [0.3, 0.4) is 0 Å². The number of anilines is 2. The van der Waals surface area contributed by atoms with E-state index in [1.807, 2.05) is 12.1 Å². The minimum absolute atomic E-state index is 0.175. The number of rotatable bonds is 3. The summed E-state index contributed by atoms with van der Waals surface area (Å²) in [5.41, 5.74) is 3.28. The summed E-state index contributed by atoms with van der Waals surface area (Å²) in [5.74, 6) is 1.03. The first-order valence-corrected chi connectivity index (χ1v) is 7.99. The van der Waals surface area contributed by atoms with Gasteiger partial charge in [0.05, 0.1) is 11.8 Å². The largest absolute Gasteiger partial charge is 0.411 e. The van der Waals surface area contributed by atoms with Crippen LogP contribution in [-0.4, -0.2) is 17.0 Å². The minimum Gasteiger partial charge on any atom is -0.411 e. The Morgan fingerprint density at radius 1 is 0.864 bits per heavy atom. The summed E-state index contributed by atoms with van der Waals surface area (Å²) in [4.78, 5) is 2.35. The fourth-order valence-corrected chi connectivity index (χ4v) is 4.19. The number of para-hydroxylation sites is 2. The van der Waals surface area contributed by atoms with Gasteiger partial charge in [0, 0.05) is 17.3 Å². The minimum atomic E-state index is 0.175. The summed E-state index contributed by atoms with van der Waals surface area (Å²) in [6, 6.07) is 21.0. The first-order chi connectivity index (χ1) is 10.9. The zero-order valence-electron chi connectivity index (χ0n) is 12.5. The van der Waals surface area contributed by atoms with Crippen molar-refractivity contribution in [2.45, 2.75) is 25.3 Å². The third-order valence-electron chi connectivity index (χ3n) is 5.10. The van der Waals surface area contributed by atoms with Gasteiger partial charge in [-0.05, 0) is 49.4 Å². The van der Waals surface area contributed by atoms with E-state index >= 15 is 0 Å². The molecule has 2 saturated carbocycles. The fraction of sp³-hybridized carbons (Fsp3) is 0.316. The highest BCUT2D eigenvalue weighted by molar-refractivity contribution is 5.98. The first kappa shape index (κ1) is 13.4. The summed E-state index contributed by atoms with van der Waals surface area (Å²) < 4.78 is 0. The van der Waals surface area contributed by atoms with E-state index in [2.05, 4.69) is 58.6 Å². The van der Waals surface area contributed by atoms with Crippen LogP contribution in [0, 0.1) is 11.8 Å². The van der Waals surface area contributed by atoms with Gasteiger partial charge in [0.1, 0.15) is 0 Å². The molecule has 22 heavy (non-hydrogen) atoms. The molecule has 4 rings (SSSR count). The maximum atomic E-state index is 9.56. The van der Waals surface area contributed by atoms with E-state index in [1.165, 1.54) is 6.42 Å². The van der Waals surface area contributed by atoms with Gasteiger partial charge in [0.25, 0.3) is 0 Å². The number of fused-ring (bicyclic) bond motifs is 2. The quantitative estimate of drug-likeness (QED) is 0.670. The predicted octanol–water partition coefficient (Wildman–Crippen LogP) is 4.45. The third-order valence-corrected chi connectivity index (χ3v) is 5.10. The lowest BCUT2D eigenvalue weighted by Crippen LogP contribution is -2.42. The van der Waals surface area contributed by atoms with E-state index in [-0.39, 0.29) is 6.04 Å². The Kier molecular flexibility index (Phi) is 3.34. The van der Waals surface area contributed by atoms with Crippen molar-refractivity contribution in [2.75, 3.05) is 4.90 Å². The monoisotopic (exact) mass is 292 g/mol. The normalized spacial score (nSPS) is 28.2. The van der Waals surface area contributed by atoms with Crippen LogP contribution in [0.4, 0.5) is 11.4 Å². The van der Waals surface area contributed by atoms with Crippen molar-refractivity contribution in [3.05, 3.63) is 60.7 Å². The standard InChI is InChI=1S/C19H20N2O/c22-20-18-14-11-12-15(13-14)19(18)21(16-7-3-1-4-8-16)17-9-5-2-6-10-17/h1-10,14-15,19,22H,11-13H2/b20-18-/t14-,15-,19-/m0/s1. The maximum absolute atomic E-state index is 9.56. The molecule has 2 aromatic rings. The van der Waals surface area contributed by atoms with Crippen molar-refractivity contribution in [1.29, 1.82) is 0 Å². The number of nitrogens with zero attached hydrogens (tertiary/aromatic N) is 2. The molecule has 3 heteroatoms. The lowest BCUT2D eigenvalue weighted by atomic mass is 9.91. The average Bonchev–Trinajstić information content (AvgIpc) is 3.18. The molecule has 2 aromatic carbocycles. The molecule has 0 saturated heterocycles. The molecule has 0 heterocycles. The Balaban J connectivity index is 1.81. The molecule has 0 aromatic heterocycles. The van der Waals surface area contributed by atoms with E-state index in [0.29, 0.717) is 11.8 Å². The van der Waals surface area contributed by atoms with Crippen molar-refractivity contribution < 1.29 is 5.21 Å². The van der Waals surface area contributed by atoms with Crippen molar-refractivity contribution in [3.63, 3.8) is 0 Å². The van der Waals surface area contributed by atoms with Crippen molar-refractivity contribution in [2.24, 2.45) is 17.0 Å². The van der Waals surface area contributed by atoms with Gasteiger partial charge < -0.3 is 10.1 Å². The van der Waals surface area contributed by atoms with Crippen LogP contribution in [0.2, 0.25) is 0 Å². The van der Waals surface area contributed by atoms with Gasteiger partial charge >= 0.3 is 0 Å². The Morgan fingerprint density at radius 3 is 2.00 bits per heavy atom. The van der Waals surface area contributed by atoms with Crippen LogP contribution in [0.15, 0.2) is 65.8 Å². The van der Waals surface area contributed by atoms with Crippen LogP contribution >= 0.6 is 0 Å². The zero-order valence-corrected chi connectivity index (χ0v) is 12.5. The van der Waals surface area contributed by atoms with Gasteiger partial charge in [0.15, 0.2) is 0 Å². The number of oxime groups is 1. The molecule has 3 atom stereocenters. The highest BCUT2D eigenvalue weighted by Crippen LogP contribution is 2.47. The predicted molar refractivity (Wildman–Crippen MR) is 88.9 cm³/mol. The molecule has 0 aliphatic heterocycles. The Bertz CT molecular complexity index is 629. The lowest BCUT2D eigenvalue weighted by molar-refractivity contribution is 0.311. The molecule has 112 valence electrons. The van der Waals surface area contributed by atoms with Gasteiger partial charge in [-0.1, -0.05) is 41.6 Å². The average molecular weight is 292 g/mol. The first-order valence-electron chi connectivity index (χ1n) is 7.99. The number of benzene rings is 2. The Hall–Kier alpha value is -2.29. The van der Waals surface area contributed by atoms with E-state index < -0.39 is 0 Å². The fourth-order valence-electron chi connectivity index (χ4n) is 4.19. The molecule has 0 unspecified atom stereocenters. The van der Waals surface area contributed by atoms with E-state index in [9.17, 15) is 5.21 Å². The summed E-state index contributed by atoms with van der Waals surface area (Å²) in [7, 11) is 0. The smallest absolute Gasteiger partial charge is 0.0832 e. The second kappa shape index (κ2) is 5.48. The molecule has 0 radical (unpaired) electrons. The topological polar surface area (TPSA) is 35.8 Å². The van der Waals surface area contributed by atoms with Crippen LogP contribution < -0.4 is 4.90 Å². The van der Waals surface area contributed by atoms with Crippen molar-refractivity contribution in [1.82, 2.24) is 0 Å². The second-order valence-electron chi connectivity index (χ2n) is 6.28.